The van der Waals surface area contributed by atoms with Gasteiger partial charge in [-0.15, -0.1) is 0 Å². The summed E-state index contributed by atoms with van der Waals surface area (Å²) in [6.07, 6.45) is -2.83. The second-order valence-electron chi connectivity index (χ2n) is 8.31. The molecule has 0 spiro atoms. The minimum atomic E-state index is -4.82. The Balaban J connectivity index is 1.86. The highest BCUT2D eigenvalue weighted by atomic mass is 35.5. The van der Waals surface area contributed by atoms with Crippen molar-refractivity contribution in [3.8, 4) is 5.82 Å². The van der Waals surface area contributed by atoms with Crippen LogP contribution in [0.2, 0.25) is 5.02 Å². The van der Waals surface area contributed by atoms with Crippen molar-refractivity contribution < 1.29 is 22.8 Å². The summed E-state index contributed by atoms with van der Waals surface area (Å²) in [6, 6.07) is 8.66. The third kappa shape index (κ3) is 5.26. The molecule has 12 heteroatoms. The maximum atomic E-state index is 13.5. The monoisotopic (exact) mass is 530 g/mol. The van der Waals surface area contributed by atoms with Gasteiger partial charge >= 0.3 is 6.18 Å². The van der Waals surface area contributed by atoms with E-state index in [0.29, 0.717) is 35.5 Å². The number of halogens is 4. The van der Waals surface area contributed by atoms with E-state index in [2.05, 4.69) is 25.7 Å². The normalized spacial score (nSPS) is 11.5. The first-order valence-electron chi connectivity index (χ1n) is 11.3. The van der Waals surface area contributed by atoms with Gasteiger partial charge in [0.15, 0.2) is 11.5 Å². The van der Waals surface area contributed by atoms with Crippen LogP contribution in [0.3, 0.4) is 0 Å². The predicted octanol–water partition coefficient (Wildman–Crippen LogP) is 5.50. The van der Waals surface area contributed by atoms with Crippen molar-refractivity contribution in [1.29, 1.82) is 0 Å². The van der Waals surface area contributed by atoms with Gasteiger partial charge in [0.2, 0.25) is 0 Å². The molecule has 37 heavy (non-hydrogen) atoms. The summed E-state index contributed by atoms with van der Waals surface area (Å²) in [5.74, 6) is -1.54. The number of alkyl halides is 3. The van der Waals surface area contributed by atoms with Gasteiger partial charge in [0, 0.05) is 29.9 Å². The topological polar surface area (TPSA) is 102 Å². The smallest absolute Gasteiger partial charge is 0.352 e. The van der Waals surface area contributed by atoms with Crippen LogP contribution in [0, 0.1) is 13.8 Å². The zero-order valence-corrected chi connectivity index (χ0v) is 20.8. The SMILES string of the molecule is CCCNC(=O)c1c(NC(=O)c2cc(C(F)(F)F)nn2-c2ncccc2Cl)c(C)cc2nc(C)ccc12. The third-order valence-corrected chi connectivity index (χ3v) is 5.80. The van der Waals surface area contributed by atoms with E-state index < -0.39 is 29.4 Å². The van der Waals surface area contributed by atoms with E-state index in [0.717, 1.165) is 10.4 Å². The Morgan fingerprint density at radius 2 is 1.86 bits per heavy atom. The number of benzene rings is 1. The molecule has 3 aromatic heterocycles. The lowest BCUT2D eigenvalue weighted by Gasteiger charge is -2.17. The van der Waals surface area contributed by atoms with Crippen LogP contribution in [-0.4, -0.2) is 38.1 Å². The number of aryl methyl sites for hydroxylation is 2. The molecule has 0 unspecified atom stereocenters. The maximum absolute atomic E-state index is 13.5. The Morgan fingerprint density at radius 3 is 2.54 bits per heavy atom. The molecule has 0 fully saturated rings. The van der Waals surface area contributed by atoms with Gasteiger partial charge in [0.05, 0.1) is 21.8 Å². The van der Waals surface area contributed by atoms with Gasteiger partial charge in [-0.05, 0) is 50.1 Å². The van der Waals surface area contributed by atoms with Crippen LogP contribution in [0.5, 0.6) is 0 Å². The number of nitrogens with zero attached hydrogens (tertiary/aromatic N) is 4. The van der Waals surface area contributed by atoms with Crippen molar-refractivity contribution in [2.75, 3.05) is 11.9 Å². The number of fused-ring (bicyclic) bond motifs is 1. The van der Waals surface area contributed by atoms with Crippen LogP contribution in [0.4, 0.5) is 18.9 Å². The Kier molecular flexibility index (Phi) is 7.17. The average Bonchev–Trinajstić information content (AvgIpc) is 3.29. The number of carbonyl (C=O) groups excluding carboxylic acids is 2. The Hall–Kier alpha value is -3.99. The summed E-state index contributed by atoms with van der Waals surface area (Å²) in [7, 11) is 0. The van der Waals surface area contributed by atoms with Gasteiger partial charge in [0.25, 0.3) is 11.8 Å². The van der Waals surface area contributed by atoms with Crippen LogP contribution in [0.15, 0.2) is 42.6 Å². The first-order valence-corrected chi connectivity index (χ1v) is 11.7. The molecule has 2 amide bonds. The van der Waals surface area contributed by atoms with Crippen molar-refractivity contribution in [3.63, 3.8) is 0 Å². The molecule has 0 bridgehead atoms. The summed E-state index contributed by atoms with van der Waals surface area (Å²) in [5, 5.41) is 9.45. The summed E-state index contributed by atoms with van der Waals surface area (Å²) in [5.41, 5.74) is 0.317. The van der Waals surface area contributed by atoms with Crippen molar-refractivity contribution in [3.05, 3.63) is 75.8 Å². The van der Waals surface area contributed by atoms with Gasteiger partial charge < -0.3 is 10.6 Å². The number of carbonyl (C=O) groups is 2. The van der Waals surface area contributed by atoms with E-state index >= 15 is 0 Å². The second kappa shape index (κ2) is 10.2. The molecule has 0 aliphatic carbocycles. The Morgan fingerprint density at radius 1 is 1.11 bits per heavy atom. The van der Waals surface area contributed by atoms with Crippen LogP contribution < -0.4 is 10.6 Å². The van der Waals surface area contributed by atoms with E-state index in [9.17, 15) is 22.8 Å². The number of pyridine rings is 2. The zero-order chi connectivity index (χ0) is 26.9. The van der Waals surface area contributed by atoms with E-state index in [1.54, 1.807) is 25.1 Å². The maximum Gasteiger partial charge on any atom is 0.435 e. The van der Waals surface area contributed by atoms with Crippen molar-refractivity contribution >= 4 is 40.0 Å². The third-order valence-electron chi connectivity index (χ3n) is 5.50. The van der Waals surface area contributed by atoms with Crippen LogP contribution >= 0.6 is 11.6 Å². The summed E-state index contributed by atoms with van der Waals surface area (Å²) in [4.78, 5) is 35.1. The fraction of sp³-hybridized carbons (Fsp3) is 0.240. The summed E-state index contributed by atoms with van der Waals surface area (Å²) in [6.45, 7) is 5.76. The molecular weight excluding hydrogens is 509 g/mol. The number of rotatable bonds is 6. The molecule has 8 nitrogen and oxygen atoms in total. The highest BCUT2D eigenvalue weighted by Crippen LogP contribution is 2.33. The molecule has 0 saturated carbocycles. The lowest BCUT2D eigenvalue weighted by Crippen LogP contribution is -2.27. The highest BCUT2D eigenvalue weighted by Gasteiger charge is 2.37. The molecule has 3 heterocycles. The molecule has 0 aliphatic rings. The minimum Gasteiger partial charge on any atom is -0.352 e. The van der Waals surface area contributed by atoms with Crippen LogP contribution in [-0.2, 0) is 6.18 Å². The molecule has 0 atom stereocenters. The number of hydrogen-bond acceptors (Lipinski definition) is 5. The molecule has 0 saturated heterocycles. The van der Waals surface area contributed by atoms with Gasteiger partial charge in [-0.2, -0.15) is 18.3 Å². The van der Waals surface area contributed by atoms with E-state index in [1.165, 1.54) is 18.3 Å². The van der Waals surface area contributed by atoms with Crippen LogP contribution in [0.25, 0.3) is 16.7 Å². The van der Waals surface area contributed by atoms with Gasteiger partial charge in [-0.1, -0.05) is 24.6 Å². The zero-order valence-electron chi connectivity index (χ0n) is 20.1. The van der Waals surface area contributed by atoms with Gasteiger partial charge in [-0.3, -0.25) is 14.6 Å². The molecule has 2 N–H and O–H groups in total. The lowest BCUT2D eigenvalue weighted by molar-refractivity contribution is -0.141. The second-order valence-corrected chi connectivity index (χ2v) is 8.71. The molecule has 0 radical (unpaired) electrons. The van der Waals surface area contributed by atoms with Gasteiger partial charge in [0.1, 0.15) is 5.69 Å². The average molecular weight is 531 g/mol. The highest BCUT2D eigenvalue weighted by molar-refractivity contribution is 6.32. The number of hydrogen-bond donors (Lipinski definition) is 2. The molecule has 1 aromatic carbocycles. The predicted molar refractivity (Wildman–Crippen MR) is 133 cm³/mol. The molecule has 192 valence electrons. The minimum absolute atomic E-state index is 0.00339. The summed E-state index contributed by atoms with van der Waals surface area (Å²) < 4.78 is 41.3. The molecule has 4 rings (SSSR count). The van der Waals surface area contributed by atoms with E-state index in [4.69, 9.17) is 11.6 Å². The van der Waals surface area contributed by atoms with Gasteiger partial charge in [-0.25, -0.2) is 9.67 Å². The largest absolute Gasteiger partial charge is 0.435 e. The summed E-state index contributed by atoms with van der Waals surface area (Å²) >= 11 is 6.14. The van der Waals surface area contributed by atoms with Crippen molar-refractivity contribution in [1.82, 2.24) is 25.1 Å². The quantitative estimate of drug-likeness (QED) is 0.343. The molecule has 0 aliphatic heterocycles. The first-order chi connectivity index (χ1) is 17.5. The van der Waals surface area contributed by atoms with E-state index in [1.807, 2.05) is 13.8 Å². The van der Waals surface area contributed by atoms with Crippen molar-refractivity contribution in [2.45, 2.75) is 33.4 Å². The molecular formula is C25H22ClF3N6O2. The number of anilines is 1. The standard InChI is InChI=1S/C25H22ClF3N6O2/c1-4-9-31-24(37)20-15-8-7-14(3)32-17(15)11-13(2)21(20)33-23(36)18-12-19(25(27,28)29)34-35(18)22-16(26)6-5-10-30-22/h5-8,10-12H,4,9H2,1-3H3,(H,31,37)(H,33,36). The van der Waals surface area contributed by atoms with E-state index in [-0.39, 0.29) is 22.1 Å². The number of nitrogens with one attached hydrogen (secondary N) is 2. The lowest BCUT2D eigenvalue weighted by atomic mass is 10.00. The number of aromatic nitrogens is 4. The fourth-order valence-electron chi connectivity index (χ4n) is 3.78. The molecule has 4 aromatic rings. The number of amides is 2. The Bertz CT molecular complexity index is 1520. The Labute approximate surface area is 214 Å². The first kappa shape index (κ1) is 26.1. The van der Waals surface area contributed by atoms with Crippen molar-refractivity contribution in [2.24, 2.45) is 0 Å². The van der Waals surface area contributed by atoms with Crippen LogP contribution in [0.1, 0.15) is 51.1 Å². The fourth-order valence-corrected chi connectivity index (χ4v) is 3.99.